The van der Waals surface area contributed by atoms with Crippen LogP contribution < -0.4 is 0 Å². The van der Waals surface area contributed by atoms with Crippen LogP contribution in [-0.2, 0) is 0 Å². The van der Waals surface area contributed by atoms with Gasteiger partial charge in [-0.05, 0) is 49.9 Å². The summed E-state index contributed by atoms with van der Waals surface area (Å²) in [5, 5.41) is 9.69. The van der Waals surface area contributed by atoms with Gasteiger partial charge in [-0.25, -0.2) is 0 Å². The fourth-order valence-electron chi connectivity index (χ4n) is 4.64. The number of hydrogen-bond acceptors (Lipinski definition) is 4. The molecule has 4 heterocycles. The standard InChI is InChI=1S/C24H23N5O/c30-24(19-14-21(16-10-11-16)25-20-8-2-1-7-18(19)20)28-12-5-6-17(15-28)23-27-26-22-9-3-4-13-29(22)23/h1-4,7-9,13-14,16-17H,5-6,10-12,15H2. The van der Waals surface area contributed by atoms with Crippen molar-refractivity contribution in [2.75, 3.05) is 13.1 Å². The van der Waals surface area contributed by atoms with Crippen LogP contribution in [0, 0.1) is 0 Å². The highest BCUT2D eigenvalue weighted by Gasteiger charge is 2.31. The Bertz CT molecular complexity index is 1260. The molecule has 2 fully saturated rings. The summed E-state index contributed by atoms with van der Waals surface area (Å²) in [6.07, 6.45) is 6.33. The highest BCUT2D eigenvalue weighted by molar-refractivity contribution is 6.06. The Morgan fingerprint density at radius 1 is 0.967 bits per heavy atom. The van der Waals surface area contributed by atoms with E-state index in [9.17, 15) is 4.79 Å². The molecule has 3 aromatic heterocycles. The van der Waals surface area contributed by atoms with E-state index >= 15 is 0 Å². The Morgan fingerprint density at radius 2 is 1.83 bits per heavy atom. The minimum absolute atomic E-state index is 0.106. The number of carbonyl (C=O) groups excluding carboxylic acids is 1. The molecule has 1 amide bonds. The third-order valence-electron chi connectivity index (χ3n) is 6.38. The average Bonchev–Trinajstić information content (AvgIpc) is 3.57. The van der Waals surface area contributed by atoms with Gasteiger partial charge in [0.15, 0.2) is 5.65 Å². The lowest BCUT2D eigenvalue weighted by Crippen LogP contribution is -2.39. The van der Waals surface area contributed by atoms with Crippen LogP contribution in [0.15, 0.2) is 54.7 Å². The van der Waals surface area contributed by atoms with Crippen LogP contribution in [0.3, 0.4) is 0 Å². The number of nitrogens with zero attached hydrogens (tertiary/aromatic N) is 5. The molecule has 6 rings (SSSR count). The van der Waals surface area contributed by atoms with Crippen LogP contribution in [0.5, 0.6) is 0 Å². The number of carbonyl (C=O) groups is 1. The lowest BCUT2D eigenvalue weighted by atomic mass is 9.96. The molecule has 0 N–H and O–H groups in total. The molecule has 1 aliphatic heterocycles. The van der Waals surface area contributed by atoms with E-state index in [0.29, 0.717) is 12.5 Å². The van der Waals surface area contributed by atoms with E-state index in [2.05, 4.69) is 10.2 Å². The van der Waals surface area contributed by atoms with Crippen molar-refractivity contribution in [3.05, 3.63) is 71.8 Å². The first-order valence-electron chi connectivity index (χ1n) is 10.8. The summed E-state index contributed by atoms with van der Waals surface area (Å²) < 4.78 is 2.05. The molecule has 150 valence electrons. The smallest absolute Gasteiger partial charge is 0.254 e. The summed E-state index contributed by atoms with van der Waals surface area (Å²) in [5.41, 5.74) is 3.62. The number of benzene rings is 1. The number of para-hydroxylation sites is 1. The molecule has 1 aliphatic carbocycles. The van der Waals surface area contributed by atoms with Crippen molar-refractivity contribution in [3.63, 3.8) is 0 Å². The molecule has 1 unspecified atom stereocenters. The average molecular weight is 397 g/mol. The summed E-state index contributed by atoms with van der Waals surface area (Å²) in [4.78, 5) is 20.5. The Morgan fingerprint density at radius 3 is 2.73 bits per heavy atom. The third-order valence-corrected chi connectivity index (χ3v) is 6.38. The van der Waals surface area contributed by atoms with Crippen LogP contribution in [0.4, 0.5) is 0 Å². The minimum Gasteiger partial charge on any atom is -0.338 e. The summed E-state index contributed by atoms with van der Waals surface area (Å²) in [7, 11) is 0. The van der Waals surface area contributed by atoms with Gasteiger partial charge >= 0.3 is 0 Å². The number of likely N-dealkylation sites (tertiary alicyclic amines) is 1. The monoisotopic (exact) mass is 397 g/mol. The Kier molecular flexibility index (Phi) is 4.04. The van der Waals surface area contributed by atoms with Crippen LogP contribution in [0.2, 0.25) is 0 Å². The van der Waals surface area contributed by atoms with Crippen molar-refractivity contribution in [2.45, 2.75) is 37.5 Å². The van der Waals surface area contributed by atoms with Crippen molar-refractivity contribution in [1.29, 1.82) is 0 Å². The van der Waals surface area contributed by atoms with E-state index in [1.165, 1.54) is 12.8 Å². The molecule has 0 bridgehead atoms. The van der Waals surface area contributed by atoms with Gasteiger partial charge in [0.1, 0.15) is 5.82 Å². The van der Waals surface area contributed by atoms with Gasteiger partial charge in [-0.2, -0.15) is 0 Å². The summed E-state index contributed by atoms with van der Waals surface area (Å²) in [6.45, 7) is 1.45. The predicted octanol–water partition coefficient (Wildman–Crippen LogP) is 4.17. The van der Waals surface area contributed by atoms with E-state index in [4.69, 9.17) is 4.98 Å². The van der Waals surface area contributed by atoms with Gasteiger partial charge in [0.05, 0.1) is 11.1 Å². The number of aromatic nitrogens is 4. The maximum atomic E-state index is 13.6. The highest BCUT2D eigenvalue weighted by Crippen LogP contribution is 2.40. The van der Waals surface area contributed by atoms with Crippen molar-refractivity contribution in [1.82, 2.24) is 24.5 Å². The first kappa shape index (κ1) is 17.6. The van der Waals surface area contributed by atoms with Gasteiger partial charge in [0, 0.05) is 42.2 Å². The molecule has 6 nitrogen and oxygen atoms in total. The maximum absolute atomic E-state index is 13.6. The van der Waals surface area contributed by atoms with Crippen molar-refractivity contribution >= 4 is 22.5 Å². The zero-order valence-corrected chi connectivity index (χ0v) is 16.7. The quantitative estimate of drug-likeness (QED) is 0.520. The SMILES string of the molecule is O=C(c1cc(C2CC2)nc2ccccc12)N1CCCC(c2nnc3ccccn23)C1. The number of fused-ring (bicyclic) bond motifs is 2. The van der Waals surface area contributed by atoms with E-state index in [-0.39, 0.29) is 11.8 Å². The van der Waals surface area contributed by atoms with Crippen molar-refractivity contribution in [2.24, 2.45) is 0 Å². The van der Waals surface area contributed by atoms with Gasteiger partial charge in [0.25, 0.3) is 5.91 Å². The van der Waals surface area contributed by atoms with Gasteiger partial charge in [-0.15, -0.1) is 10.2 Å². The molecule has 1 saturated heterocycles. The number of piperidine rings is 1. The van der Waals surface area contributed by atoms with E-state index in [1.807, 2.05) is 64.0 Å². The zero-order valence-electron chi connectivity index (χ0n) is 16.7. The van der Waals surface area contributed by atoms with E-state index in [1.54, 1.807) is 0 Å². The maximum Gasteiger partial charge on any atom is 0.254 e. The number of amides is 1. The van der Waals surface area contributed by atoms with Gasteiger partial charge in [-0.1, -0.05) is 24.3 Å². The van der Waals surface area contributed by atoms with Gasteiger partial charge in [-0.3, -0.25) is 14.2 Å². The van der Waals surface area contributed by atoms with Crippen molar-refractivity contribution < 1.29 is 4.79 Å². The number of hydrogen-bond donors (Lipinski definition) is 0. The molecule has 1 aromatic carbocycles. The second-order valence-corrected chi connectivity index (χ2v) is 8.46. The van der Waals surface area contributed by atoms with Crippen LogP contribution in [-0.4, -0.2) is 43.5 Å². The number of pyridine rings is 2. The Labute approximate surface area is 174 Å². The normalized spacial score (nSPS) is 19.5. The Balaban J connectivity index is 1.35. The molecule has 2 aliphatic rings. The minimum atomic E-state index is 0.106. The lowest BCUT2D eigenvalue weighted by molar-refractivity contribution is 0.0706. The molecule has 1 atom stereocenters. The Hall–Kier alpha value is -3.28. The molecule has 0 spiro atoms. The fraction of sp³-hybridized carbons (Fsp3) is 0.333. The van der Waals surface area contributed by atoms with Crippen LogP contribution >= 0.6 is 0 Å². The molecule has 6 heteroatoms. The van der Waals surface area contributed by atoms with E-state index in [0.717, 1.165) is 53.0 Å². The molecular formula is C24H23N5O. The second-order valence-electron chi connectivity index (χ2n) is 8.46. The van der Waals surface area contributed by atoms with Crippen molar-refractivity contribution in [3.8, 4) is 0 Å². The predicted molar refractivity (Wildman–Crippen MR) is 115 cm³/mol. The topological polar surface area (TPSA) is 63.4 Å². The largest absolute Gasteiger partial charge is 0.338 e. The summed E-state index contributed by atoms with van der Waals surface area (Å²) in [5.74, 6) is 1.75. The van der Waals surface area contributed by atoms with Gasteiger partial charge in [0.2, 0.25) is 0 Å². The van der Waals surface area contributed by atoms with Gasteiger partial charge < -0.3 is 4.90 Å². The second kappa shape index (κ2) is 6.90. The fourth-order valence-corrected chi connectivity index (χ4v) is 4.64. The van der Waals surface area contributed by atoms with Crippen LogP contribution in [0.1, 0.15) is 59.4 Å². The molecule has 4 aromatic rings. The third kappa shape index (κ3) is 2.95. The summed E-state index contributed by atoms with van der Waals surface area (Å²) >= 11 is 0. The number of rotatable bonds is 3. The first-order chi connectivity index (χ1) is 14.8. The molecule has 30 heavy (non-hydrogen) atoms. The van der Waals surface area contributed by atoms with Crippen LogP contribution in [0.25, 0.3) is 16.6 Å². The van der Waals surface area contributed by atoms with E-state index < -0.39 is 0 Å². The molecular weight excluding hydrogens is 374 g/mol. The summed E-state index contributed by atoms with van der Waals surface area (Å²) in [6, 6.07) is 16.0. The highest BCUT2D eigenvalue weighted by atomic mass is 16.2. The lowest BCUT2D eigenvalue weighted by Gasteiger charge is -2.32. The molecule has 1 saturated carbocycles. The first-order valence-corrected chi connectivity index (χ1v) is 10.8. The zero-order chi connectivity index (χ0) is 20.1. The molecule has 0 radical (unpaired) electrons.